The van der Waals surface area contributed by atoms with Crippen molar-refractivity contribution in [3.05, 3.63) is 53.3 Å². The van der Waals surface area contributed by atoms with E-state index < -0.39 is 0 Å². The molecule has 2 aromatic rings. The van der Waals surface area contributed by atoms with Crippen LogP contribution in [0.2, 0.25) is 5.02 Å². The van der Waals surface area contributed by atoms with E-state index in [1.165, 1.54) is 5.56 Å². The Morgan fingerprint density at radius 2 is 2.10 bits per heavy atom. The lowest BCUT2D eigenvalue weighted by Crippen LogP contribution is -2.26. The van der Waals surface area contributed by atoms with E-state index >= 15 is 0 Å². The number of anilines is 2. The maximum atomic E-state index is 6.16. The monoisotopic (exact) mass is 302 g/mol. The Morgan fingerprint density at radius 1 is 1.29 bits per heavy atom. The Hall–Kier alpha value is -1.78. The van der Waals surface area contributed by atoms with Crippen LogP contribution >= 0.6 is 11.6 Å². The fourth-order valence-corrected chi connectivity index (χ4v) is 2.96. The summed E-state index contributed by atoms with van der Waals surface area (Å²) in [6.07, 6.45) is 4.34. The third-order valence-corrected chi connectivity index (χ3v) is 4.09. The molecule has 0 saturated carbocycles. The third kappa shape index (κ3) is 3.46. The van der Waals surface area contributed by atoms with Crippen LogP contribution in [0.1, 0.15) is 12.0 Å². The maximum absolute atomic E-state index is 6.16. The van der Waals surface area contributed by atoms with Crippen LogP contribution in [0.5, 0.6) is 0 Å². The number of halogens is 1. The minimum absolute atomic E-state index is 0.371. The molecule has 4 nitrogen and oxygen atoms in total. The molecule has 21 heavy (non-hydrogen) atoms. The zero-order chi connectivity index (χ0) is 14.7. The number of benzene rings is 1. The molecule has 3 N–H and O–H groups in total. The van der Waals surface area contributed by atoms with Crippen molar-refractivity contribution in [3.8, 4) is 0 Å². The van der Waals surface area contributed by atoms with Crippen molar-refractivity contribution < 1.29 is 0 Å². The lowest BCUT2D eigenvalue weighted by Gasteiger charge is -2.18. The first-order valence-electron chi connectivity index (χ1n) is 7.14. The summed E-state index contributed by atoms with van der Waals surface area (Å²) in [7, 11) is 0. The Bertz CT molecular complexity index is 582. The lowest BCUT2D eigenvalue weighted by molar-refractivity contribution is 0.328. The minimum atomic E-state index is 0.371. The van der Waals surface area contributed by atoms with Crippen LogP contribution in [0.4, 0.5) is 11.4 Å². The summed E-state index contributed by atoms with van der Waals surface area (Å²) in [6, 6.07) is 10.9. The smallest absolute Gasteiger partial charge is 0.0841 e. The SMILES string of the molecule is Nc1cncc(Cl)c1NC1CCN(Cc2ccccc2)C1. The predicted molar refractivity (Wildman–Crippen MR) is 87.4 cm³/mol. The molecule has 110 valence electrons. The molecule has 5 heteroatoms. The zero-order valence-corrected chi connectivity index (χ0v) is 12.6. The molecule has 2 heterocycles. The van der Waals surface area contributed by atoms with Crippen LogP contribution in [0.25, 0.3) is 0 Å². The van der Waals surface area contributed by atoms with Crippen LogP contribution in [-0.4, -0.2) is 29.0 Å². The second-order valence-electron chi connectivity index (χ2n) is 5.44. The highest BCUT2D eigenvalue weighted by Gasteiger charge is 2.23. The summed E-state index contributed by atoms with van der Waals surface area (Å²) >= 11 is 6.16. The third-order valence-electron chi connectivity index (χ3n) is 3.80. The van der Waals surface area contributed by atoms with Crippen LogP contribution in [0.15, 0.2) is 42.7 Å². The molecule has 1 aliphatic rings. The van der Waals surface area contributed by atoms with Crippen molar-refractivity contribution in [2.75, 3.05) is 24.1 Å². The number of hydrogen-bond donors (Lipinski definition) is 2. The van der Waals surface area contributed by atoms with E-state index in [1.807, 2.05) is 6.07 Å². The van der Waals surface area contributed by atoms with Crippen molar-refractivity contribution in [2.45, 2.75) is 19.0 Å². The summed E-state index contributed by atoms with van der Waals surface area (Å²) < 4.78 is 0. The highest BCUT2D eigenvalue weighted by Crippen LogP contribution is 2.29. The van der Waals surface area contributed by atoms with E-state index in [0.29, 0.717) is 16.8 Å². The standard InChI is InChI=1S/C16H19ClN4/c17-14-8-19-9-15(18)16(14)20-13-6-7-21(11-13)10-12-4-2-1-3-5-12/h1-5,8-9,13H,6-7,10-11,18H2,(H,19,20). The number of nitrogens with one attached hydrogen (secondary N) is 1. The number of aromatic nitrogens is 1. The van der Waals surface area contributed by atoms with E-state index in [0.717, 1.165) is 31.7 Å². The largest absolute Gasteiger partial charge is 0.396 e. The van der Waals surface area contributed by atoms with Gasteiger partial charge in [0.15, 0.2) is 0 Å². The van der Waals surface area contributed by atoms with Crippen molar-refractivity contribution in [3.63, 3.8) is 0 Å². The van der Waals surface area contributed by atoms with Gasteiger partial charge in [-0.1, -0.05) is 41.9 Å². The zero-order valence-electron chi connectivity index (χ0n) is 11.8. The second kappa shape index (κ2) is 6.33. The van der Waals surface area contributed by atoms with Gasteiger partial charge in [-0.05, 0) is 12.0 Å². The first kappa shape index (κ1) is 14.2. The van der Waals surface area contributed by atoms with Gasteiger partial charge < -0.3 is 11.1 Å². The van der Waals surface area contributed by atoms with E-state index in [4.69, 9.17) is 17.3 Å². The van der Waals surface area contributed by atoms with Crippen molar-refractivity contribution in [1.82, 2.24) is 9.88 Å². The summed E-state index contributed by atoms with van der Waals surface area (Å²) in [5.74, 6) is 0. The van der Waals surface area contributed by atoms with E-state index in [9.17, 15) is 0 Å². The van der Waals surface area contributed by atoms with Gasteiger partial charge in [0.1, 0.15) is 0 Å². The van der Waals surface area contributed by atoms with Gasteiger partial charge in [-0.25, -0.2) is 0 Å². The molecule has 1 aromatic carbocycles. The highest BCUT2D eigenvalue weighted by molar-refractivity contribution is 6.33. The topological polar surface area (TPSA) is 54.2 Å². The van der Waals surface area contributed by atoms with Crippen molar-refractivity contribution in [1.29, 1.82) is 0 Å². The molecule has 0 amide bonds. The lowest BCUT2D eigenvalue weighted by atomic mass is 10.2. The first-order chi connectivity index (χ1) is 10.2. The molecule has 1 fully saturated rings. The Labute approximate surface area is 129 Å². The summed E-state index contributed by atoms with van der Waals surface area (Å²) in [5, 5.41) is 4.03. The summed E-state index contributed by atoms with van der Waals surface area (Å²) in [5.41, 5.74) is 8.69. The van der Waals surface area contributed by atoms with Gasteiger partial charge >= 0.3 is 0 Å². The van der Waals surface area contributed by atoms with E-state index in [-0.39, 0.29) is 0 Å². The predicted octanol–water partition coefficient (Wildman–Crippen LogP) is 3.00. The molecule has 1 aromatic heterocycles. The molecular weight excluding hydrogens is 284 g/mol. The quantitative estimate of drug-likeness (QED) is 0.911. The molecular formula is C16H19ClN4. The number of nitrogen functional groups attached to an aromatic ring is 1. The average Bonchev–Trinajstić information content (AvgIpc) is 2.91. The van der Waals surface area contributed by atoms with E-state index in [1.54, 1.807) is 12.4 Å². The Kier molecular flexibility index (Phi) is 4.27. The molecule has 0 aliphatic carbocycles. The number of likely N-dealkylation sites (tertiary alicyclic amines) is 1. The molecule has 1 atom stereocenters. The average molecular weight is 303 g/mol. The van der Waals surface area contributed by atoms with Crippen LogP contribution < -0.4 is 11.1 Å². The van der Waals surface area contributed by atoms with Gasteiger partial charge in [0.2, 0.25) is 0 Å². The van der Waals surface area contributed by atoms with Gasteiger partial charge in [0, 0.05) is 31.9 Å². The van der Waals surface area contributed by atoms with Crippen LogP contribution in [0, 0.1) is 0 Å². The minimum Gasteiger partial charge on any atom is -0.396 e. The van der Waals surface area contributed by atoms with Gasteiger partial charge in [-0.3, -0.25) is 9.88 Å². The fourth-order valence-electron chi connectivity index (χ4n) is 2.74. The molecule has 0 spiro atoms. The number of nitrogens with zero attached hydrogens (tertiary/aromatic N) is 2. The van der Waals surface area contributed by atoms with Gasteiger partial charge in [-0.15, -0.1) is 0 Å². The molecule has 1 unspecified atom stereocenters. The molecule has 3 rings (SSSR count). The van der Waals surface area contributed by atoms with Gasteiger partial charge in [0.05, 0.1) is 22.6 Å². The van der Waals surface area contributed by atoms with Crippen molar-refractivity contribution >= 4 is 23.0 Å². The molecule has 0 radical (unpaired) electrons. The first-order valence-corrected chi connectivity index (χ1v) is 7.52. The Morgan fingerprint density at radius 3 is 2.86 bits per heavy atom. The highest BCUT2D eigenvalue weighted by atomic mass is 35.5. The molecule has 1 saturated heterocycles. The van der Waals surface area contributed by atoms with E-state index in [2.05, 4.69) is 39.5 Å². The molecule has 0 bridgehead atoms. The van der Waals surface area contributed by atoms with Gasteiger partial charge in [0.25, 0.3) is 0 Å². The Balaban J connectivity index is 1.60. The number of pyridine rings is 1. The summed E-state index contributed by atoms with van der Waals surface area (Å²) in [6.45, 7) is 3.06. The number of nitrogens with two attached hydrogens (primary N) is 1. The second-order valence-corrected chi connectivity index (χ2v) is 5.84. The fraction of sp³-hybridized carbons (Fsp3) is 0.312. The van der Waals surface area contributed by atoms with Gasteiger partial charge in [-0.2, -0.15) is 0 Å². The van der Waals surface area contributed by atoms with Crippen molar-refractivity contribution in [2.24, 2.45) is 0 Å². The number of hydrogen-bond acceptors (Lipinski definition) is 4. The maximum Gasteiger partial charge on any atom is 0.0841 e. The van der Waals surface area contributed by atoms with Crippen LogP contribution in [0.3, 0.4) is 0 Å². The normalized spacial score (nSPS) is 18.8. The molecule has 1 aliphatic heterocycles. The van der Waals surface area contributed by atoms with Crippen LogP contribution in [-0.2, 0) is 6.54 Å². The number of rotatable bonds is 4. The summed E-state index contributed by atoms with van der Waals surface area (Å²) in [4.78, 5) is 6.43.